The van der Waals surface area contributed by atoms with E-state index in [9.17, 15) is 31.2 Å². The fraction of sp³-hybridized carbons (Fsp3) is 0.529. The number of nitrogens with zero attached hydrogens (tertiary/aromatic N) is 1. The zero-order valence-corrected chi connectivity index (χ0v) is 16.1. The maximum atomic E-state index is 12.8. The third-order valence-electron chi connectivity index (χ3n) is 4.34. The number of carbonyl (C=O) groups excluding carboxylic acids is 2. The summed E-state index contributed by atoms with van der Waals surface area (Å²) in [7, 11) is -3.77. The van der Waals surface area contributed by atoms with Crippen LogP contribution in [-0.4, -0.2) is 56.4 Å². The quantitative estimate of drug-likeness (QED) is 0.730. The zero-order valence-electron chi connectivity index (χ0n) is 15.3. The maximum absolute atomic E-state index is 12.8. The number of carbonyl (C=O) groups is 2. The van der Waals surface area contributed by atoms with Gasteiger partial charge in [-0.05, 0) is 38.0 Å². The summed E-state index contributed by atoms with van der Waals surface area (Å²) < 4.78 is 63.2. The van der Waals surface area contributed by atoms with Gasteiger partial charge in [0.05, 0.1) is 11.4 Å². The molecule has 0 saturated carbocycles. The molecule has 2 rings (SSSR count). The maximum Gasteiger partial charge on any atom is 0.405 e. The van der Waals surface area contributed by atoms with Gasteiger partial charge in [-0.2, -0.15) is 17.5 Å². The van der Waals surface area contributed by atoms with Crippen LogP contribution in [0.5, 0.6) is 0 Å². The van der Waals surface area contributed by atoms with Gasteiger partial charge in [-0.3, -0.25) is 9.59 Å². The molecule has 11 heteroatoms. The van der Waals surface area contributed by atoms with Gasteiger partial charge in [0.15, 0.2) is 0 Å². The van der Waals surface area contributed by atoms with Crippen molar-refractivity contribution in [3.05, 3.63) is 29.8 Å². The molecular weight excluding hydrogens is 399 g/mol. The van der Waals surface area contributed by atoms with E-state index in [0.717, 1.165) is 19.3 Å². The average Bonchev–Trinajstić information content (AvgIpc) is 2.64. The van der Waals surface area contributed by atoms with Crippen molar-refractivity contribution in [1.82, 2.24) is 14.9 Å². The first-order valence-corrected chi connectivity index (χ1v) is 10.2. The Morgan fingerprint density at radius 3 is 2.57 bits per heavy atom. The van der Waals surface area contributed by atoms with E-state index in [2.05, 4.69) is 5.32 Å². The van der Waals surface area contributed by atoms with E-state index in [1.54, 1.807) is 5.32 Å². The normalized spacial score (nSPS) is 18.5. The van der Waals surface area contributed by atoms with Crippen molar-refractivity contribution >= 4 is 21.8 Å². The number of nitrogens with one attached hydrogen (secondary N) is 2. The second-order valence-corrected chi connectivity index (χ2v) is 8.45. The number of amides is 2. The summed E-state index contributed by atoms with van der Waals surface area (Å²) in [6, 6.07) is 5.19. The molecule has 1 atom stereocenters. The molecule has 2 amide bonds. The molecule has 1 aromatic rings. The Bertz CT molecular complexity index is 827. The molecule has 0 bridgehead atoms. The van der Waals surface area contributed by atoms with Gasteiger partial charge in [-0.1, -0.05) is 12.5 Å². The minimum atomic E-state index is -4.55. The summed E-state index contributed by atoms with van der Waals surface area (Å²) >= 11 is 0. The first-order valence-electron chi connectivity index (χ1n) is 8.74. The highest BCUT2D eigenvalue weighted by atomic mass is 32.2. The van der Waals surface area contributed by atoms with Crippen LogP contribution in [0.2, 0.25) is 0 Å². The minimum Gasteiger partial charge on any atom is -0.345 e. The molecule has 1 unspecified atom stereocenters. The van der Waals surface area contributed by atoms with Crippen molar-refractivity contribution in [2.24, 2.45) is 0 Å². The monoisotopic (exact) mass is 421 g/mol. The van der Waals surface area contributed by atoms with Crippen molar-refractivity contribution in [3.63, 3.8) is 0 Å². The van der Waals surface area contributed by atoms with Crippen LogP contribution in [-0.2, 0) is 14.8 Å². The van der Waals surface area contributed by atoms with Gasteiger partial charge in [-0.15, -0.1) is 0 Å². The molecule has 1 aromatic carbocycles. The molecule has 28 heavy (non-hydrogen) atoms. The highest BCUT2D eigenvalue weighted by molar-refractivity contribution is 7.89. The number of rotatable bonds is 6. The molecule has 0 spiro atoms. The van der Waals surface area contributed by atoms with Gasteiger partial charge < -0.3 is 10.6 Å². The number of alkyl halides is 3. The van der Waals surface area contributed by atoms with Crippen LogP contribution in [0, 0.1) is 0 Å². The Balaban J connectivity index is 2.04. The average molecular weight is 421 g/mol. The summed E-state index contributed by atoms with van der Waals surface area (Å²) in [4.78, 5) is 23.5. The van der Waals surface area contributed by atoms with Crippen molar-refractivity contribution in [2.75, 3.05) is 19.6 Å². The number of benzene rings is 1. The standard InChI is InChI=1S/C17H22F3N3O4S/c1-12-5-2-3-8-23(12)28(26,27)14-7-4-6-13(9-14)16(25)21-10-15(24)22-11-17(18,19)20/h4,6-7,9,12H,2-3,5,8,10-11H2,1H3,(H,21,25)(H,22,24). The van der Waals surface area contributed by atoms with Crippen molar-refractivity contribution in [2.45, 2.75) is 43.3 Å². The Labute approximate surface area is 161 Å². The summed E-state index contributed by atoms with van der Waals surface area (Å²) in [6.45, 7) is 0.0740. The summed E-state index contributed by atoms with van der Waals surface area (Å²) in [6.07, 6.45) is -2.08. The smallest absolute Gasteiger partial charge is 0.345 e. The fourth-order valence-corrected chi connectivity index (χ4v) is 4.63. The topological polar surface area (TPSA) is 95.6 Å². The van der Waals surface area contributed by atoms with E-state index in [-0.39, 0.29) is 16.5 Å². The minimum absolute atomic E-state index is 0.00522. The van der Waals surface area contributed by atoms with Crippen LogP contribution in [0.1, 0.15) is 36.5 Å². The molecular formula is C17H22F3N3O4S. The van der Waals surface area contributed by atoms with Crippen LogP contribution < -0.4 is 10.6 Å². The summed E-state index contributed by atoms with van der Waals surface area (Å²) in [5.41, 5.74) is -0.00522. The van der Waals surface area contributed by atoms with Crippen LogP contribution >= 0.6 is 0 Å². The van der Waals surface area contributed by atoms with Crippen LogP contribution in [0.25, 0.3) is 0 Å². The second-order valence-electron chi connectivity index (χ2n) is 6.56. The largest absolute Gasteiger partial charge is 0.405 e. The van der Waals surface area contributed by atoms with Gasteiger partial charge in [0.2, 0.25) is 15.9 Å². The third-order valence-corrected chi connectivity index (χ3v) is 6.35. The van der Waals surface area contributed by atoms with Crippen molar-refractivity contribution in [1.29, 1.82) is 0 Å². The van der Waals surface area contributed by atoms with E-state index in [1.165, 1.54) is 28.6 Å². The SMILES string of the molecule is CC1CCCCN1S(=O)(=O)c1cccc(C(=O)NCC(=O)NCC(F)(F)F)c1. The number of piperidine rings is 1. The fourth-order valence-electron chi connectivity index (χ4n) is 2.89. The zero-order chi connectivity index (χ0) is 20.9. The predicted octanol–water partition coefficient (Wildman–Crippen LogP) is 1.66. The molecule has 156 valence electrons. The molecule has 0 aromatic heterocycles. The van der Waals surface area contributed by atoms with Gasteiger partial charge >= 0.3 is 6.18 Å². The molecule has 2 N–H and O–H groups in total. The highest BCUT2D eigenvalue weighted by Crippen LogP contribution is 2.25. The molecule has 1 saturated heterocycles. The van der Waals surface area contributed by atoms with E-state index < -0.39 is 41.1 Å². The lowest BCUT2D eigenvalue weighted by Gasteiger charge is -2.32. The predicted molar refractivity (Wildman–Crippen MR) is 95.0 cm³/mol. The lowest BCUT2D eigenvalue weighted by Crippen LogP contribution is -2.42. The Hall–Kier alpha value is -2.14. The van der Waals surface area contributed by atoms with Crippen LogP contribution in [0.15, 0.2) is 29.2 Å². The van der Waals surface area contributed by atoms with Crippen molar-refractivity contribution < 1.29 is 31.2 Å². The molecule has 1 aliphatic heterocycles. The lowest BCUT2D eigenvalue weighted by molar-refractivity contribution is -0.137. The van der Waals surface area contributed by atoms with Crippen LogP contribution in [0.3, 0.4) is 0 Å². The van der Waals surface area contributed by atoms with Gasteiger partial charge in [0.1, 0.15) is 6.54 Å². The third kappa shape index (κ3) is 5.93. The van der Waals surface area contributed by atoms with Crippen LogP contribution in [0.4, 0.5) is 13.2 Å². The van der Waals surface area contributed by atoms with E-state index >= 15 is 0 Å². The van der Waals surface area contributed by atoms with Crippen molar-refractivity contribution in [3.8, 4) is 0 Å². The number of hydrogen-bond donors (Lipinski definition) is 2. The summed E-state index contributed by atoms with van der Waals surface area (Å²) in [5, 5.41) is 3.81. The molecule has 1 fully saturated rings. The molecule has 1 heterocycles. The first kappa shape index (κ1) is 22.2. The number of hydrogen-bond acceptors (Lipinski definition) is 4. The van der Waals surface area contributed by atoms with E-state index in [1.807, 2.05) is 6.92 Å². The van der Waals surface area contributed by atoms with Gasteiger partial charge in [0, 0.05) is 18.2 Å². The summed E-state index contributed by atoms with van der Waals surface area (Å²) in [5.74, 6) is -1.76. The second kappa shape index (κ2) is 8.91. The van der Waals surface area contributed by atoms with E-state index in [0.29, 0.717) is 6.54 Å². The highest BCUT2D eigenvalue weighted by Gasteiger charge is 2.31. The Kier molecular flexibility index (Phi) is 7.05. The van der Waals surface area contributed by atoms with Gasteiger partial charge in [0.25, 0.3) is 5.91 Å². The van der Waals surface area contributed by atoms with E-state index in [4.69, 9.17) is 0 Å². The van der Waals surface area contributed by atoms with Gasteiger partial charge in [-0.25, -0.2) is 8.42 Å². The first-order chi connectivity index (χ1) is 13.0. The number of sulfonamides is 1. The Morgan fingerprint density at radius 1 is 1.21 bits per heavy atom. The lowest BCUT2D eigenvalue weighted by atomic mass is 10.1. The number of halogens is 3. The molecule has 1 aliphatic rings. The molecule has 0 aliphatic carbocycles. The Morgan fingerprint density at radius 2 is 1.93 bits per heavy atom. The molecule has 7 nitrogen and oxygen atoms in total. The molecule has 0 radical (unpaired) electrons.